The van der Waals surface area contributed by atoms with Gasteiger partial charge in [0, 0.05) is 0 Å². The van der Waals surface area contributed by atoms with Crippen LogP contribution in [0.15, 0.2) is 6.20 Å². The smallest absolute Gasteiger partial charge is 0.350 e. The highest BCUT2D eigenvalue weighted by Gasteiger charge is 2.29. The maximum atomic E-state index is 12.7. The lowest BCUT2D eigenvalue weighted by Crippen LogP contribution is -2.24. The summed E-state index contributed by atoms with van der Waals surface area (Å²) in [5.41, 5.74) is 5.29. The Kier molecular flexibility index (Phi) is 7.10. The van der Waals surface area contributed by atoms with Gasteiger partial charge in [0.25, 0.3) is 5.91 Å². The Morgan fingerprint density at radius 3 is 2.60 bits per heavy atom. The third-order valence-corrected chi connectivity index (χ3v) is 5.32. The maximum absolute atomic E-state index is 12.7. The molecule has 0 fully saturated rings. The van der Waals surface area contributed by atoms with Gasteiger partial charge >= 0.3 is 17.5 Å². The minimum absolute atomic E-state index is 0.0341. The molecule has 3 N–H and O–H groups in total. The highest BCUT2D eigenvalue weighted by atomic mass is 32.1. The molecule has 0 saturated carbocycles. The van der Waals surface area contributed by atoms with Gasteiger partial charge in [-0.25, -0.2) is 9.48 Å². The Labute approximate surface area is 175 Å². The van der Waals surface area contributed by atoms with Crippen LogP contribution in [0.2, 0.25) is 0 Å². The van der Waals surface area contributed by atoms with Crippen molar-refractivity contribution in [2.45, 2.75) is 33.2 Å². The van der Waals surface area contributed by atoms with Crippen LogP contribution in [-0.2, 0) is 9.53 Å². The summed E-state index contributed by atoms with van der Waals surface area (Å²) in [5.74, 6) is -2.32. The zero-order valence-corrected chi connectivity index (χ0v) is 17.6. The molecule has 0 aromatic carbocycles. The molecule has 2 rings (SSSR count). The first-order chi connectivity index (χ1) is 14.1. The van der Waals surface area contributed by atoms with E-state index in [9.17, 15) is 24.5 Å². The summed E-state index contributed by atoms with van der Waals surface area (Å²) in [7, 11) is 1.22. The van der Waals surface area contributed by atoms with Gasteiger partial charge in [-0.1, -0.05) is 6.92 Å². The van der Waals surface area contributed by atoms with E-state index in [1.54, 1.807) is 0 Å². The van der Waals surface area contributed by atoms with Crippen molar-refractivity contribution in [3.05, 3.63) is 32.3 Å². The fourth-order valence-corrected chi connectivity index (χ4v) is 3.57. The number of nitro groups is 1. The minimum atomic E-state index is -0.994. The number of ether oxygens (including phenoxy) is 2. The van der Waals surface area contributed by atoms with Gasteiger partial charge in [-0.05, 0) is 25.8 Å². The number of rotatable bonds is 9. The summed E-state index contributed by atoms with van der Waals surface area (Å²) in [6.45, 7) is 4.97. The van der Waals surface area contributed by atoms with Crippen LogP contribution in [0.3, 0.4) is 0 Å². The number of aromatic nitrogens is 2. The zero-order valence-electron chi connectivity index (χ0n) is 16.8. The van der Waals surface area contributed by atoms with Crippen LogP contribution in [-0.4, -0.2) is 46.2 Å². The molecule has 2 amide bonds. The molecule has 2 heterocycles. The molecule has 0 aliphatic carbocycles. The summed E-state index contributed by atoms with van der Waals surface area (Å²) in [6.07, 6.45) is 1.66. The molecule has 0 aliphatic rings. The Morgan fingerprint density at radius 1 is 1.43 bits per heavy atom. The van der Waals surface area contributed by atoms with E-state index in [2.05, 4.69) is 10.4 Å². The molecule has 0 aliphatic heterocycles. The van der Waals surface area contributed by atoms with Gasteiger partial charge in [0.2, 0.25) is 5.91 Å². The fourth-order valence-electron chi connectivity index (χ4n) is 2.52. The van der Waals surface area contributed by atoms with E-state index in [0.29, 0.717) is 12.0 Å². The van der Waals surface area contributed by atoms with Crippen LogP contribution in [0.4, 0.5) is 10.7 Å². The molecule has 13 heteroatoms. The maximum Gasteiger partial charge on any atom is 0.350 e. The minimum Gasteiger partial charge on any atom is -0.475 e. The van der Waals surface area contributed by atoms with Gasteiger partial charge < -0.3 is 20.5 Å². The van der Waals surface area contributed by atoms with E-state index in [1.165, 1.54) is 21.0 Å². The van der Waals surface area contributed by atoms with E-state index < -0.39 is 34.4 Å². The van der Waals surface area contributed by atoms with Crippen molar-refractivity contribution in [3.63, 3.8) is 0 Å². The number of amides is 2. The first kappa shape index (κ1) is 22.8. The zero-order chi connectivity index (χ0) is 22.6. The SMILES string of the molecule is CCCOC(=O)c1c(NC(=O)C(C)n2cc([N+](=O)[O-])c(OC)n2)sc(C(N)=O)c1C. The Balaban J connectivity index is 2.35. The van der Waals surface area contributed by atoms with Crippen molar-refractivity contribution in [2.75, 3.05) is 19.0 Å². The standard InChI is InChI=1S/C17H21N5O7S/c1-5-6-29-17(25)11-8(2)12(13(18)23)30-16(11)19-14(24)9(3)21-7-10(22(26)27)15(20-21)28-4/h7,9H,5-6H2,1-4H3,(H2,18,23)(H,19,24). The molecule has 162 valence electrons. The summed E-state index contributed by atoms with van der Waals surface area (Å²) >= 11 is 0.845. The summed E-state index contributed by atoms with van der Waals surface area (Å²) in [6, 6.07) is -0.994. The average Bonchev–Trinajstić information content (AvgIpc) is 3.27. The van der Waals surface area contributed by atoms with Crippen molar-refractivity contribution in [3.8, 4) is 5.88 Å². The first-order valence-electron chi connectivity index (χ1n) is 8.81. The van der Waals surface area contributed by atoms with Gasteiger partial charge in [-0.2, -0.15) is 0 Å². The predicted octanol–water partition coefficient (Wildman–Crippen LogP) is 2.04. The van der Waals surface area contributed by atoms with Crippen molar-refractivity contribution < 1.29 is 28.8 Å². The number of thiophene rings is 1. The molecule has 0 radical (unpaired) electrons. The van der Waals surface area contributed by atoms with E-state index in [4.69, 9.17) is 15.2 Å². The second kappa shape index (κ2) is 9.35. The number of primary amides is 1. The molecule has 1 atom stereocenters. The number of methoxy groups -OCH3 is 1. The number of esters is 1. The van der Waals surface area contributed by atoms with Crippen molar-refractivity contribution in [1.82, 2.24) is 9.78 Å². The van der Waals surface area contributed by atoms with E-state index in [-0.39, 0.29) is 27.9 Å². The molecular weight excluding hydrogens is 418 g/mol. The normalized spacial score (nSPS) is 11.6. The van der Waals surface area contributed by atoms with Crippen LogP contribution in [0, 0.1) is 17.0 Å². The molecule has 2 aromatic rings. The molecule has 12 nitrogen and oxygen atoms in total. The van der Waals surface area contributed by atoms with Crippen LogP contribution in [0.25, 0.3) is 0 Å². The summed E-state index contributed by atoms with van der Waals surface area (Å²) in [5, 5.41) is 17.6. The number of nitrogens with one attached hydrogen (secondary N) is 1. The van der Waals surface area contributed by atoms with Gasteiger partial charge in [0.05, 0.1) is 29.1 Å². The molecule has 0 saturated heterocycles. The monoisotopic (exact) mass is 439 g/mol. The number of anilines is 1. The van der Waals surface area contributed by atoms with Gasteiger partial charge in [0.1, 0.15) is 17.2 Å². The Bertz CT molecular complexity index is 997. The third-order valence-electron chi connectivity index (χ3n) is 4.09. The second-order valence-corrected chi connectivity index (χ2v) is 7.21. The highest BCUT2D eigenvalue weighted by molar-refractivity contribution is 7.18. The molecule has 2 aromatic heterocycles. The quantitative estimate of drug-likeness (QED) is 0.340. The first-order valence-corrected chi connectivity index (χ1v) is 9.62. The second-order valence-electron chi connectivity index (χ2n) is 6.19. The van der Waals surface area contributed by atoms with Gasteiger partial charge in [-0.3, -0.25) is 19.7 Å². The lowest BCUT2D eigenvalue weighted by molar-refractivity contribution is -0.385. The summed E-state index contributed by atoms with van der Waals surface area (Å²) < 4.78 is 11.1. The third kappa shape index (κ3) is 4.56. The Hall–Kier alpha value is -3.48. The van der Waals surface area contributed by atoms with Crippen LogP contribution in [0.1, 0.15) is 51.9 Å². The van der Waals surface area contributed by atoms with Crippen molar-refractivity contribution in [1.29, 1.82) is 0 Å². The number of hydrogen-bond donors (Lipinski definition) is 2. The summed E-state index contributed by atoms with van der Waals surface area (Å²) in [4.78, 5) is 47.3. The number of carbonyl (C=O) groups excluding carboxylic acids is 3. The van der Waals surface area contributed by atoms with Crippen LogP contribution >= 0.6 is 11.3 Å². The molecule has 0 spiro atoms. The lowest BCUT2D eigenvalue weighted by atomic mass is 10.1. The average molecular weight is 439 g/mol. The lowest BCUT2D eigenvalue weighted by Gasteiger charge is -2.12. The van der Waals surface area contributed by atoms with E-state index in [0.717, 1.165) is 22.2 Å². The van der Waals surface area contributed by atoms with E-state index >= 15 is 0 Å². The van der Waals surface area contributed by atoms with Crippen molar-refractivity contribution >= 4 is 39.8 Å². The van der Waals surface area contributed by atoms with Crippen molar-refractivity contribution in [2.24, 2.45) is 5.73 Å². The van der Waals surface area contributed by atoms with Crippen LogP contribution < -0.4 is 15.8 Å². The number of nitrogens with zero attached hydrogens (tertiary/aromatic N) is 3. The molecular formula is C17H21N5O7S. The van der Waals surface area contributed by atoms with Gasteiger partial charge in [-0.15, -0.1) is 16.4 Å². The van der Waals surface area contributed by atoms with E-state index in [1.807, 2.05) is 6.92 Å². The van der Waals surface area contributed by atoms with Crippen LogP contribution in [0.5, 0.6) is 5.88 Å². The predicted molar refractivity (Wildman–Crippen MR) is 107 cm³/mol. The highest BCUT2D eigenvalue weighted by Crippen LogP contribution is 2.34. The molecule has 30 heavy (non-hydrogen) atoms. The molecule has 1 unspecified atom stereocenters. The van der Waals surface area contributed by atoms with Gasteiger partial charge in [0.15, 0.2) is 0 Å². The number of hydrogen-bond acceptors (Lipinski definition) is 9. The Morgan fingerprint density at radius 2 is 2.10 bits per heavy atom. The number of nitrogens with two attached hydrogens (primary N) is 1. The largest absolute Gasteiger partial charge is 0.475 e. The molecule has 0 bridgehead atoms. The number of carbonyl (C=O) groups is 3. The topological polar surface area (TPSA) is 169 Å². The fraction of sp³-hybridized carbons (Fsp3) is 0.412.